The second-order valence-electron chi connectivity index (χ2n) is 4.50. The maximum atomic E-state index is 13.6. The highest BCUT2D eigenvalue weighted by molar-refractivity contribution is 9.10. The molecule has 3 aromatic rings. The fourth-order valence-corrected chi connectivity index (χ4v) is 2.33. The van der Waals surface area contributed by atoms with E-state index in [1.54, 1.807) is 12.1 Å². The molecular formula is C15H13BrFN3O. The fraction of sp³-hybridized carbons (Fsp3) is 0.133. The number of ether oxygens (including phenoxy) is 1. The number of hydrogen-bond acceptors (Lipinski definition) is 3. The van der Waals surface area contributed by atoms with Crippen LogP contribution in [0.2, 0.25) is 0 Å². The highest BCUT2D eigenvalue weighted by atomic mass is 79.9. The predicted octanol–water partition coefficient (Wildman–Crippen LogP) is 3.75. The molecule has 0 amide bonds. The van der Waals surface area contributed by atoms with Crippen molar-refractivity contribution in [3.05, 3.63) is 58.6 Å². The fourth-order valence-electron chi connectivity index (χ4n) is 2.09. The van der Waals surface area contributed by atoms with E-state index in [9.17, 15) is 4.39 Å². The average Bonchev–Trinajstić information content (AvgIpc) is 2.81. The van der Waals surface area contributed by atoms with E-state index in [1.165, 1.54) is 6.07 Å². The molecule has 0 saturated heterocycles. The van der Waals surface area contributed by atoms with Gasteiger partial charge in [-0.05, 0) is 47.2 Å². The molecule has 3 rings (SSSR count). The minimum absolute atomic E-state index is 0.369. The Balaban J connectivity index is 2.02. The summed E-state index contributed by atoms with van der Waals surface area (Å²) in [5, 5.41) is 3.09. The van der Waals surface area contributed by atoms with Crippen LogP contribution in [-0.4, -0.2) is 16.4 Å². The Kier molecular flexibility index (Phi) is 3.90. The van der Waals surface area contributed by atoms with Crippen LogP contribution in [0, 0.1) is 5.82 Å². The number of benzene rings is 1. The van der Waals surface area contributed by atoms with Crippen molar-refractivity contribution >= 4 is 21.6 Å². The van der Waals surface area contributed by atoms with E-state index in [0.717, 1.165) is 11.3 Å². The Bertz CT molecular complexity index is 788. The van der Waals surface area contributed by atoms with Crippen LogP contribution in [0.15, 0.2) is 47.1 Å². The van der Waals surface area contributed by atoms with E-state index in [0.29, 0.717) is 22.6 Å². The molecular weight excluding hydrogens is 337 g/mol. The van der Waals surface area contributed by atoms with Crippen molar-refractivity contribution in [2.75, 3.05) is 7.05 Å². The minimum Gasteiger partial charge on any atom is -0.437 e. The van der Waals surface area contributed by atoms with Gasteiger partial charge >= 0.3 is 0 Å². The molecule has 0 fully saturated rings. The van der Waals surface area contributed by atoms with Gasteiger partial charge in [-0.15, -0.1) is 0 Å². The molecule has 108 valence electrons. The molecule has 2 heterocycles. The zero-order chi connectivity index (χ0) is 14.8. The van der Waals surface area contributed by atoms with Crippen LogP contribution >= 0.6 is 15.9 Å². The zero-order valence-electron chi connectivity index (χ0n) is 11.3. The van der Waals surface area contributed by atoms with Crippen LogP contribution in [0.1, 0.15) is 5.69 Å². The molecule has 0 aliphatic carbocycles. The van der Waals surface area contributed by atoms with E-state index in [-0.39, 0.29) is 5.82 Å². The smallest absolute Gasteiger partial charge is 0.242 e. The number of halogens is 2. The number of pyridine rings is 1. The first-order valence-corrected chi connectivity index (χ1v) is 7.22. The first kappa shape index (κ1) is 14.0. The molecule has 0 aliphatic rings. The van der Waals surface area contributed by atoms with Gasteiger partial charge in [-0.2, -0.15) is 4.98 Å². The van der Waals surface area contributed by atoms with Crippen molar-refractivity contribution in [2.45, 2.75) is 6.54 Å². The lowest BCUT2D eigenvalue weighted by atomic mass is 10.3. The van der Waals surface area contributed by atoms with Crippen LogP contribution in [0.4, 0.5) is 4.39 Å². The normalized spacial score (nSPS) is 11.0. The lowest BCUT2D eigenvalue weighted by Crippen LogP contribution is -2.08. The molecule has 2 aromatic heterocycles. The van der Waals surface area contributed by atoms with Crippen LogP contribution in [0.25, 0.3) is 5.65 Å². The number of imidazole rings is 1. The molecule has 4 nitrogen and oxygen atoms in total. The van der Waals surface area contributed by atoms with Crippen molar-refractivity contribution in [3.8, 4) is 11.6 Å². The molecule has 1 aromatic carbocycles. The van der Waals surface area contributed by atoms with E-state index < -0.39 is 0 Å². The lowest BCUT2D eigenvalue weighted by Gasteiger charge is -2.06. The second kappa shape index (κ2) is 5.83. The Labute approximate surface area is 129 Å². The number of aromatic nitrogens is 2. The number of hydrogen-bond donors (Lipinski definition) is 1. The third-order valence-corrected chi connectivity index (χ3v) is 3.69. The van der Waals surface area contributed by atoms with Crippen LogP contribution < -0.4 is 10.1 Å². The quantitative estimate of drug-likeness (QED) is 0.779. The third kappa shape index (κ3) is 2.77. The molecule has 0 spiro atoms. The summed E-state index contributed by atoms with van der Waals surface area (Å²) in [6, 6.07) is 10.4. The Morgan fingerprint density at radius 1 is 1.33 bits per heavy atom. The maximum Gasteiger partial charge on any atom is 0.242 e. The van der Waals surface area contributed by atoms with E-state index in [1.807, 2.05) is 35.8 Å². The highest BCUT2D eigenvalue weighted by Gasteiger charge is 2.14. The van der Waals surface area contributed by atoms with Gasteiger partial charge in [-0.25, -0.2) is 4.39 Å². The number of nitrogens with one attached hydrogen (secondary N) is 1. The molecule has 0 bridgehead atoms. The summed E-state index contributed by atoms with van der Waals surface area (Å²) in [6.45, 7) is 0.597. The topological polar surface area (TPSA) is 38.6 Å². The predicted molar refractivity (Wildman–Crippen MR) is 82.1 cm³/mol. The Hall–Kier alpha value is -1.92. The largest absolute Gasteiger partial charge is 0.437 e. The average molecular weight is 350 g/mol. The van der Waals surface area contributed by atoms with Crippen molar-refractivity contribution in [2.24, 2.45) is 0 Å². The molecule has 0 atom stereocenters. The molecule has 1 N–H and O–H groups in total. The first-order valence-electron chi connectivity index (χ1n) is 6.42. The van der Waals surface area contributed by atoms with Crippen molar-refractivity contribution in [1.29, 1.82) is 0 Å². The van der Waals surface area contributed by atoms with Crippen LogP contribution in [0.3, 0.4) is 0 Å². The standard InChI is InChI=1S/C15H13BrFN3O/c1-18-9-13-15(19-14-4-2-3-7-20(13)14)21-10-5-6-11(16)12(17)8-10/h2-8,18H,9H2,1H3. The van der Waals surface area contributed by atoms with Gasteiger partial charge < -0.3 is 10.1 Å². The third-order valence-electron chi connectivity index (χ3n) is 3.04. The summed E-state index contributed by atoms with van der Waals surface area (Å²) in [5.41, 5.74) is 1.67. The van der Waals surface area contributed by atoms with E-state index in [4.69, 9.17) is 4.74 Å². The second-order valence-corrected chi connectivity index (χ2v) is 5.36. The van der Waals surface area contributed by atoms with Gasteiger partial charge in [0, 0.05) is 18.8 Å². The number of nitrogens with zero attached hydrogens (tertiary/aromatic N) is 2. The van der Waals surface area contributed by atoms with Crippen molar-refractivity contribution in [3.63, 3.8) is 0 Å². The van der Waals surface area contributed by atoms with Crippen LogP contribution in [-0.2, 0) is 6.54 Å². The SMILES string of the molecule is CNCc1c(Oc2ccc(Br)c(F)c2)nc2ccccn12. The summed E-state index contributed by atoms with van der Waals surface area (Å²) in [7, 11) is 1.85. The molecule has 0 radical (unpaired) electrons. The zero-order valence-corrected chi connectivity index (χ0v) is 12.9. The maximum absolute atomic E-state index is 13.6. The van der Waals surface area contributed by atoms with E-state index in [2.05, 4.69) is 26.2 Å². The van der Waals surface area contributed by atoms with Crippen molar-refractivity contribution < 1.29 is 9.13 Å². The van der Waals surface area contributed by atoms with Gasteiger partial charge in [-0.3, -0.25) is 4.40 Å². The molecule has 21 heavy (non-hydrogen) atoms. The molecule has 0 aliphatic heterocycles. The van der Waals surface area contributed by atoms with Gasteiger partial charge in [0.2, 0.25) is 5.88 Å². The van der Waals surface area contributed by atoms with Crippen molar-refractivity contribution in [1.82, 2.24) is 14.7 Å². The molecule has 6 heteroatoms. The summed E-state index contributed by atoms with van der Waals surface area (Å²) in [6.07, 6.45) is 1.92. The summed E-state index contributed by atoms with van der Waals surface area (Å²) in [4.78, 5) is 4.45. The molecule has 0 saturated carbocycles. The molecule has 0 unspecified atom stereocenters. The number of fused-ring (bicyclic) bond motifs is 1. The van der Waals surface area contributed by atoms with Gasteiger partial charge in [0.05, 0.1) is 4.47 Å². The van der Waals surface area contributed by atoms with Gasteiger partial charge in [0.25, 0.3) is 0 Å². The highest BCUT2D eigenvalue weighted by Crippen LogP contribution is 2.28. The first-order chi connectivity index (χ1) is 10.2. The van der Waals surface area contributed by atoms with Gasteiger partial charge in [0.1, 0.15) is 22.9 Å². The Morgan fingerprint density at radius 3 is 2.95 bits per heavy atom. The number of rotatable bonds is 4. The van der Waals surface area contributed by atoms with Crippen LogP contribution in [0.5, 0.6) is 11.6 Å². The summed E-state index contributed by atoms with van der Waals surface area (Å²) < 4.78 is 21.7. The summed E-state index contributed by atoms with van der Waals surface area (Å²) >= 11 is 3.12. The minimum atomic E-state index is -0.369. The van der Waals surface area contributed by atoms with E-state index >= 15 is 0 Å². The monoisotopic (exact) mass is 349 g/mol. The lowest BCUT2D eigenvalue weighted by molar-refractivity contribution is 0.452. The summed E-state index contributed by atoms with van der Waals surface area (Å²) in [5.74, 6) is 0.514. The Morgan fingerprint density at radius 2 is 2.19 bits per heavy atom. The van der Waals surface area contributed by atoms with Gasteiger partial charge in [-0.1, -0.05) is 6.07 Å². The van der Waals surface area contributed by atoms with Gasteiger partial charge in [0.15, 0.2) is 0 Å².